The van der Waals surface area contributed by atoms with Crippen molar-refractivity contribution in [1.29, 1.82) is 0 Å². The maximum absolute atomic E-state index is 13.1. The van der Waals surface area contributed by atoms with E-state index >= 15 is 0 Å². The van der Waals surface area contributed by atoms with Crippen LogP contribution in [0.15, 0.2) is 36.4 Å². The number of aryl methyl sites for hydroxylation is 1. The number of imidazole rings is 1. The van der Waals surface area contributed by atoms with E-state index in [1.807, 2.05) is 24.5 Å². The van der Waals surface area contributed by atoms with Gasteiger partial charge in [-0.25, -0.2) is 13.9 Å². The first-order valence-electron chi connectivity index (χ1n) is 9.90. The molecule has 158 valence electrons. The average Bonchev–Trinajstić information content (AvgIpc) is 3.03. The third kappa shape index (κ3) is 3.87. The number of benzene rings is 2. The van der Waals surface area contributed by atoms with Crippen molar-refractivity contribution >= 4 is 22.8 Å². The molecule has 7 heteroatoms. The van der Waals surface area contributed by atoms with Crippen molar-refractivity contribution in [3.8, 4) is 11.5 Å². The number of fused-ring (bicyclic) bond motifs is 1. The zero-order chi connectivity index (χ0) is 21.8. The van der Waals surface area contributed by atoms with E-state index in [4.69, 9.17) is 14.2 Å². The Labute approximate surface area is 175 Å². The fourth-order valence-corrected chi connectivity index (χ4v) is 3.65. The number of Topliss-reactive ketones (excluding diaryl/α,β-unsaturated/α-hetero) is 1. The molecule has 0 unspecified atom stereocenters. The van der Waals surface area contributed by atoms with Crippen LogP contribution >= 0.6 is 0 Å². The molecule has 3 aromatic rings. The van der Waals surface area contributed by atoms with Gasteiger partial charge in [0, 0.05) is 18.6 Å². The highest BCUT2D eigenvalue weighted by molar-refractivity contribution is 5.98. The maximum Gasteiger partial charge on any atom is 0.338 e. The van der Waals surface area contributed by atoms with Gasteiger partial charge < -0.3 is 14.2 Å². The third-order valence-electron chi connectivity index (χ3n) is 5.17. The van der Waals surface area contributed by atoms with Crippen molar-refractivity contribution in [2.45, 2.75) is 33.9 Å². The smallest absolute Gasteiger partial charge is 0.338 e. The van der Waals surface area contributed by atoms with Crippen LogP contribution in [0.25, 0.3) is 11.0 Å². The number of esters is 1. The summed E-state index contributed by atoms with van der Waals surface area (Å²) < 4.78 is 19.7. The molecule has 1 heterocycles. The zero-order valence-corrected chi connectivity index (χ0v) is 18.0. The summed E-state index contributed by atoms with van der Waals surface area (Å²) in [5, 5.41) is 0. The molecule has 0 atom stereocenters. The number of hydrogen-bond donors (Lipinski definition) is 0. The highest BCUT2D eigenvalue weighted by Crippen LogP contribution is 2.28. The number of aromatic nitrogens is 2. The largest absolute Gasteiger partial charge is 0.493 e. The monoisotopic (exact) mass is 411 g/mol. The van der Waals surface area contributed by atoms with Gasteiger partial charge >= 0.3 is 5.97 Å². The van der Waals surface area contributed by atoms with Crippen LogP contribution in [0.5, 0.6) is 11.5 Å². The van der Waals surface area contributed by atoms with Gasteiger partial charge in [-0.05, 0) is 44.2 Å². The van der Waals surface area contributed by atoms with Crippen molar-refractivity contribution in [3.05, 3.63) is 53.3 Å². The summed E-state index contributed by atoms with van der Waals surface area (Å²) in [6.45, 7) is 6.98. The standard InChI is InChI=1S/C23H27N2O5/c1-6-24-15(3)25(19-12-17(8-10-18(19)24)23(27)30-7-2)14-20(26)16-9-11-21(28-4)22(13-16)29-5/h8-13H,6-7,14H2,1-5H3/q+1. The fourth-order valence-electron chi connectivity index (χ4n) is 3.65. The van der Waals surface area contributed by atoms with Crippen LogP contribution < -0.4 is 14.0 Å². The molecule has 1 aromatic heterocycles. The van der Waals surface area contributed by atoms with Gasteiger partial charge in [0.1, 0.15) is 0 Å². The van der Waals surface area contributed by atoms with E-state index in [1.165, 1.54) is 7.11 Å². The third-order valence-corrected chi connectivity index (χ3v) is 5.17. The molecule has 0 fully saturated rings. The fraction of sp³-hybridized carbons (Fsp3) is 0.348. The van der Waals surface area contributed by atoms with Gasteiger partial charge in [-0.15, -0.1) is 0 Å². The summed E-state index contributed by atoms with van der Waals surface area (Å²) in [5.74, 6) is 1.56. The Balaban J connectivity index is 2.04. The number of carbonyl (C=O) groups is 2. The summed E-state index contributed by atoms with van der Waals surface area (Å²) in [5.41, 5.74) is 2.76. The number of nitrogens with zero attached hydrogens (tertiary/aromatic N) is 2. The Bertz CT molecular complexity index is 1100. The van der Waals surface area contributed by atoms with Crippen LogP contribution in [0.1, 0.15) is 40.4 Å². The summed E-state index contributed by atoms with van der Waals surface area (Å²) in [6, 6.07) is 10.6. The van der Waals surface area contributed by atoms with Gasteiger partial charge in [0.15, 0.2) is 29.1 Å². The van der Waals surface area contributed by atoms with E-state index in [-0.39, 0.29) is 18.3 Å². The molecule has 0 spiro atoms. The second-order valence-corrected chi connectivity index (χ2v) is 6.79. The Hall–Kier alpha value is -3.35. The summed E-state index contributed by atoms with van der Waals surface area (Å²) in [4.78, 5) is 25.3. The minimum Gasteiger partial charge on any atom is -0.493 e. The first-order chi connectivity index (χ1) is 14.4. The topological polar surface area (TPSA) is 70.6 Å². The quantitative estimate of drug-likeness (QED) is 0.323. The van der Waals surface area contributed by atoms with Crippen molar-refractivity contribution in [2.24, 2.45) is 0 Å². The Morgan fingerprint density at radius 2 is 1.67 bits per heavy atom. The number of ether oxygens (including phenoxy) is 3. The van der Waals surface area contributed by atoms with E-state index in [2.05, 4.69) is 4.57 Å². The molecule has 7 nitrogen and oxygen atoms in total. The molecular formula is C23H27N2O5+. The van der Waals surface area contributed by atoms with Crippen LogP contribution in [-0.2, 0) is 17.8 Å². The molecule has 0 aliphatic heterocycles. The molecular weight excluding hydrogens is 384 g/mol. The van der Waals surface area contributed by atoms with E-state index in [0.29, 0.717) is 29.2 Å². The van der Waals surface area contributed by atoms with E-state index < -0.39 is 0 Å². The van der Waals surface area contributed by atoms with Crippen LogP contribution in [0.3, 0.4) is 0 Å². The lowest BCUT2D eigenvalue weighted by Gasteiger charge is -2.09. The van der Waals surface area contributed by atoms with Crippen molar-refractivity contribution in [2.75, 3.05) is 20.8 Å². The molecule has 3 rings (SSSR count). The minimum atomic E-state index is -0.376. The lowest BCUT2D eigenvalue weighted by molar-refractivity contribution is -0.674. The van der Waals surface area contributed by atoms with Crippen LogP contribution in [0.2, 0.25) is 0 Å². The Morgan fingerprint density at radius 3 is 2.30 bits per heavy atom. The van der Waals surface area contributed by atoms with Gasteiger partial charge in [-0.2, -0.15) is 0 Å². The van der Waals surface area contributed by atoms with Crippen LogP contribution in [0, 0.1) is 6.92 Å². The van der Waals surface area contributed by atoms with Gasteiger partial charge in [0.25, 0.3) is 5.82 Å². The molecule has 0 bridgehead atoms. The summed E-state index contributed by atoms with van der Waals surface area (Å²) in [6.07, 6.45) is 0. The minimum absolute atomic E-state index is 0.0688. The molecule has 0 radical (unpaired) electrons. The predicted octanol–water partition coefficient (Wildman–Crippen LogP) is 3.33. The van der Waals surface area contributed by atoms with Gasteiger partial charge in [0.05, 0.1) is 32.9 Å². The summed E-state index contributed by atoms with van der Waals surface area (Å²) in [7, 11) is 3.09. The number of hydrogen-bond acceptors (Lipinski definition) is 5. The zero-order valence-electron chi connectivity index (χ0n) is 18.0. The van der Waals surface area contributed by atoms with E-state index in [9.17, 15) is 9.59 Å². The Kier molecular flexibility index (Phi) is 6.40. The molecule has 0 saturated heterocycles. The lowest BCUT2D eigenvalue weighted by atomic mass is 10.1. The second kappa shape index (κ2) is 8.98. The SMILES string of the molecule is CCOC(=O)c1ccc2c(c1)n(CC(=O)c1ccc(OC)c(OC)c1)c(C)[n+]2CC. The summed E-state index contributed by atoms with van der Waals surface area (Å²) >= 11 is 0. The second-order valence-electron chi connectivity index (χ2n) is 6.79. The van der Waals surface area contributed by atoms with Gasteiger partial charge in [0.2, 0.25) is 5.78 Å². The highest BCUT2D eigenvalue weighted by atomic mass is 16.5. The number of ketones is 1. The molecule has 0 aliphatic carbocycles. The van der Waals surface area contributed by atoms with Gasteiger partial charge in [-0.1, -0.05) is 0 Å². The number of rotatable bonds is 8. The Morgan fingerprint density at radius 1 is 0.967 bits per heavy atom. The molecule has 30 heavy (non-hydrogen) atoms. The average molecular weight is 411 g/mol. The normalized spacial score (nSPS) is 10.8. The number of carbonyl (C=O) groups excluding carboxylic acids is 2. The van der Waals surface area contributed by atoms with Crippen LogP contribution in [0.4, 0.5) is 0 Å². The van der Waals surface area contributed by atoms with Crippen molar-refractivity contribution in [1.82, 2.24) is 4.57 Å². The maximum atomic E-state index is 13.1. The molecule has 0 N–H and O–H groups in total. The highest BCUT2D eigenvalue weighted by Gasteiger charge is 2.25. The van der Waals surface area contributed by atoms with E-state index in [1.54, 1.807) is 44.4 Å². The molecule has 0 aliphatic rings. The predicted molar refractivity (Wildman–Crippen MR) is 112 cm³/mol. The molecule has 2 aromatic carbocycles. The van der Waals surface area contributed by atoms with Crippen molar-refractivity contribution in [3.63, 3.8) is 0 Å². The van der Waals surface area contributed by atoms with Gasteiger partial charge in [-0.3, -0.25) is 4.79 Å². The number of methoxy groups -OCH3 is 2. The van der Waals surface area contributed by atoms with E-state index in [0.717, 1.165) is 23.4 Å². The lowest BCUT2D eigenvalue weighted by Crippen LogP contribution is -2.35. The first-order valence-corrected chi connectivity index (χ1v) is 9.90. The first kappa shape index (κ1) is 21.4. The van der Waals surface area contributed by atoms with Crippen molar-refractivity contribution < 1.29 is 28.4 Å². The molecule has 0 saturated carbocycles. The molecule has 0 amide bonds. The van der Waals surface area contributed by atoms with Crippen LogP contribution in [-0.4, -0.2) is 37.1 Å².